The van der Waals surface area contributed by atoms with Crippen LogP contribution in [0.15, 0.2) is 36.7 Å². The van der Waals surface area contributed by atoms with E-state index < -0.39 is 0 Å². The van der Waals surface area contributed by atoms with E-state index in [1.54, 1.807) is 6.20 Å². The Morgan fingerprint density at radius 2 is 2.04 bits per heavy atom. The Bertz CT molecular complexity index is 808. The number of hydrogen-bond acceptors (Lipinski definition) is 4. The van der Waals surface area contributed by atoms with Gasteiger partial charge in [0.15, 0.2) is 5.78 Å². The number of aromatic nitrogens is 1. The van der Waals surface area contributed by atoms with Crippen LogP contribution in [0.5, 0.6) is 0 Å². The molecule has 0 saturated carbocycles. The summed E-state index contributed by atoms with van der Waals surface area (Å²) in [6.07, 6.45) is 5.17. The minimum Gasteiger partial charge on any atom is -0.354 e. The van der Waals surface area contributed by atoms with Crippen molar-refractivity contribution < 1.29 is 10.0 Å². The lowest BCUT2D eigenvalue weighted by molar-refractivity contribution is -0.0973. The van der Waals surface area contributed by atoms with E-state index in [1.165, 1.54) is 5.06 Å². The number of carbonyl (C=O) groups is 1. The highest BCUT2D eigenvalue weighted by Gasteiger charge is 2.34. The zero-order chi connectivity index (χ0) is 16.1. The number of nitrogens with zero attached hydrogens (tertiary/aromatic N) is 3. The molecule has 120 valence electrons. The van der Waals surface area contributed by atoms with Crippen molar-refractivity contribution >= 4 is 16.7 Å². The van der Waals surface area contributed by atoms with Crippen molar-refractivity contribution in [2.75, 3.05) is 6.54 Å². The molecule has 5 nitrogen and oxygen atoms in total. The van der Waals surface area contributed by atoms with Gasteiger partial charge in [0.25, 0.3) is 0 Å². The zero-order valence-electron chi connectivity index (χ0n) is 13.4. The van der Waals surface area contributed by atoms with Crippen molar-refractivity contribution in [2.45, 2.75) is 25.9 Å². The molecule has 4 rings (SSSR count). The SMILES string of the molecule is CC1N(O)C=CN1CC1CCc2c(c3ccccc3n2C)C1=O. The van der Waals surface area contributed by atoms with Crippen molar-refractivity contribution in [2.24, 2.45) is 13.0 Å². The number of para-hydroxylation sites is 1. The summed E-state index contributed by atoms with van der Waals surface area (Å²) >= 11 is 0. The van der Waals surface area contributed by atoms with Gasteiger partial charge in [-0.05, 0) is 25.8 Å². The molecule has 1 aliphatic heterocycles. The summed E-state index contributed by atoms with van der Waals surface area (Å²) in [5.74, 6) is 0.215. The summed E-state index contributed by atoms with van der Waals surface area (Å²) in [5.41, 5.74) is 3.18. The van der Waals surface area contributed by atoms with Gasteiger partial charge in [0, 0.05) is 54.1 Å². The molecule has 0 spiro atoms. The smallest absolute Gasteiger partial charge is 0.170 e. The van der Waals surface area contributed by atoms with Gasteiger partial charge in [0.05, 0.1) is 0 Å². The van der Waals surface area contributed by atoms with Crippen molar-refractivity contribution in [3.05, 3.63) is 47.9 Å². The van der Waals surface area contributed by atoms with Gasteiger partial charge in [-0.2, -0.15) is 0 Å². The molecule has 2 atom stereocenters. The maximum absolute atomic E-state index is 13.1. The van der Waals surface area contributed by atoms with Crippen LogP contribution in [-0.2, 0) is 13.5 Å². The Morgan fingerprint density at radius 1 is 1.26 bits per heavy atom. The predicted molar refractivity (Wildman–Crippen MR) is 88.0 cm³/mol. The molecular formula is C18H21N3O2. The van der Waals surface area contributed by atoms with Crippen molar-refractivity contribution in [3.63, 3.8) is 0 Å². The van der Waals surface area contributed by atoms with E-state index in [2.05, 4.69) is 10.6 Å². The monoisotopic (exact) mass is 311 g/mol. The highest BCUT2D eigenvalue weighted by atomic mass is 16.5. The summed E-state index contributed by atoms with van der Waals surface area (Å²) in [7, 11) is 2.05. The Labute approximate surface area is 135 Å². The summed E-state index contributed by atoms with van der Waals surface area (Å²) in [4.78, 5) is 15.1. The predicted octanol–water partition coefficient (Wildman–Crippen LogP) is 2.75. The van der Waals surface area contributed by atoms with Gasteiger partial charge in [-0.15, -0.1) is 0 Å². The molecule has 2 unspecified atom stereocenters. The van der Waals surface area contributed by atoms with Crippen LogP contribution >= 0.6 is 0 Å². The fourth-order valence-corrected chi connectivity index (χ4v) is 3.86. The highest BCUT2D eigenvalue weighted by Crippen LogP contribution is 2.34. The number of benzene rings is 1. The van der Waals surface area contributed by atoms with Crippen LogP contribution in [0.4, 0.5) is 0 Å². The maximum Gasteiger partial charge on any atom is 0.170 e. The second-order valence-corrected chi connectivity index (χ2v) is 6.50. The van der Waals surface area contributed by atoms with Gasteiger partial charge in [-0.1, -0.05) is 18.2 Å². The first-order valence-corrected chi connectivity index (χ1v) is 8.09. The largest absolute Gasteiger partial charge is 0.354 e. The van der Waals surface area contributed by atoms with Gasteiger partial charge >= 0.3 is 0 Å². The first-order chi connectivity index (χ1) is 11.1. The number of hydroxylamine groups is 2. The van der Waals surface area contributed by atoms with Crippen molar-refractivity contribution in [1.82, 2.24) is 14.5 Å². The Hall–Kier alpha value is -2.27. The van der Waals surface area contributed by atoms with Crippen LogP contribution < -0.4 is 0 Å². The number of carbonyl (C=O) groups excluding carboxylic acids is 1. The molecule has 0 amide bonds. The third kappa shape index (κ3) is 2.07. The van der Waals surface area contributed by atoms with E-state index in [0.29, 0.717) is 6.54 Å². The lowest BCUT2D eigenvalue weighted by atomic mass is 9.84. The standard InChI is InChI=1S/C18H21N3O2/c1-12-20(9-10-21(12)23)11-13-7-8-16-17(18(13)22)14-5-3-4-6-15(14)19(16)2/h3-6,9-10,12-13,23H,7-8,11H2,1-2H3. The third-order valence-electron chi connectivity index (χ3n) is 5.28. The molecule has 23 heavy (non-hydrogen) atoms. The highest BCUT2D eigenvalue weighted by molar-refractivity contribution is 6.11. The van der Waals surface area contributed by atoms with Gasteiger partial charge in [-0.25, -0.2) is 5.06 Å². The van der Waals surface area contributed by atoms with E-state index in [9.17, 15) is 10.0 Å². The molecule has 2 heterocycles. The van der Waals surface area contributed by atoms with Gasteiger partial charge < -0.3 is 9.47 Å². The summed E-state index contributed by atoms with van der Waals surface area (Å²) < 4.78 is 2.16. The summed E-state index contributed by atoms with van der Waals surface area (Å²) in [6, 6.07) is 8.13. The fraction of sp³-hybridized carbons (Fsp3) is 0.389. The third-order valence-corrected chi connectivity index (χ3v) is 5.28. The molecule has 0 saturated heterocycles. The molecule has 0 bridgehead atoms. The quantitative estimate of drug-likeness (QED) is 0.926. The minimum absolute atomic E-state index is 0.0214. The normalized spacial score (nSPS) is 23.9. The van der Waals surface area contributed by atoms with Crippen molar-refractivity contribution in [3.8, 4) is 0 Å². The van der Waals surface area contributed by atoms with Crippen LogP contribution in [0.3, 0.4) is 0 Å². The lowest BCUT2D eigenvalue weighted by Crippen LogP contribution is -2.40. The van der Waals surface area contributed by atoms with Crippen LogP contribution in [-0.4, -0.2) is 38.2 Å². The number of ketones is 1. The van der Waals surface area contributed by atoms with E-state index >= 15 is 0 Å². The molecule has 2 aliphatic rings. The molecule has 0 radical (unpaired) electrons. The average molecular weight is 311 g/mol. The van der Waals surface area contributed by atoms with Gasteiger partial charge in [-0.3, -0.25) is 10.0 Å². The maximum atomic E-state index is 13.1. The first-order valence-electron chi connectivity index (χ1n) is 8.09. The van der Waals surface area contributed by atoms with E-state index in [-0.39, 0.29) is 17.9 Å². The Kier molecular flexibility index (Phi) is 3.20. The number of hydrogen-bond donors (Lipinski definition) is 1. The first kappa shape index (κ1) is 14.3. The Balaban J connectivity index is 1.67. The molecule has 1 aliphatic carbocycles. The average Bonchev–Trinajstić information content (AvgIpc) is 3.03. The lowest BCUT2D eigenvalue weighted by Gasteiger charge is -2.30. The summed E-state index contributed by atoms with van der Waals surface area (Å²) in [6.45, 7) is 2.58. The molecule has 1 N–H and O–H groups in total. The molecule has 5 heteroatoms. The van der Waals surface area contributed by atoms with E-state index in [0.717, 1.165) is 35.0 Å². The van der Waals surface area contributed by atoms with E-state index in [1.807, 2.05) is 43.3 Å². The van der Waals surface area contributed by atoms with Crippen LogP contribution in [0, 0.1) is 5.92 Å². The molecule has 1 aromatic carbocycles. The van der Waals surface area contributed by atoms with Crippen LogP contribution in [0.2, 0.25) is 0 Å². The van der Waals surface area contributed by atoms with Gasteiger partial charge in [0.2, 0.25) is 0 Å². The van der Waals surface area contributed by atoms with Crippen LogP contribution in [0.25, 0.3) is 10.9 Å². The number of rotatable bonds is 2. The number of Topliss-reactive ketones (excluding diaryl/α,β-unsaturated/α-hetero) is 1. The second-order valence-electron chi connectivity index (χ2n) is 6.50. The molecule has 1 aromatic heterocycles. The number of aryl methyl sites for hydroxylation is 1. The van der Waals surface area contributed by atoms with Gasteiger partial charge in [0.1, 0.15) is 6.17 Å². The zero-order valence-corrected chi connectivity index (χ0v) is 13.4. The number of fused-ring (bicyclic) bond motifs is 3. The molecule has 0 fully saturated rings. The summed E-state index contributed by atoms with van der Waals surface area (Å²) in [5, 5.41) is 11.9. The van der Waals surface area contributed by atoms with Crippen LogP contribution in [0.1, 0.15) is 29.4 Å². The second kappa shape index (κ2) is 5.13. The van der Waals surface area contributed by atoms with Crippen molar-refractivity contribution in [1.29, 1.82) is 0 Å². The van der Waals surface area contributed by atoms with E-state index in [4.69, 9.17) is 0 Å². The Morgan fingerprint density at radius 3 is 2.78 bits per heavy atom. The molecular weight excluding hydrogens is 290 g/mol. The topological polar surface area (TPSA) is 48.7 Å². The minimum atomic E-state index is -0.114. The fourth-order valence-electron chi connectivity index (χ4n) is 3.86. The molecule has 2 aromatic rings.